The van der Waals surface area contributed by atoms with Crippen LogP contribution in [0.4, 0.5) is 0 Å². The number of aryl methyl sites for hydroxylation is 2. The van der Waals surface area contributed by atoms with Crippen molar-refractivity contribution in [3.8, 4) is 5.75 Å². The van der Waals surface area contributed by atoms with Gasteiger partial charge in [-0.15, -0.1) is 0 Å². The Kier molecular flexibility index (Phi) is 8.04. The third kappa shape index (κ3) is 5.44. The summed E-state index contributed by atoms with van der Waals surface area (Å²) in [4.78, 5) is 14.8. The molecule has 1 N–H and O–H groups in total. The number of nitrogens with zero attached hydrogens (tertiary/aromatic N) is 2. The van der Waals surface area contributed by atoms with Gasteiger partial charge in [-0.2, -0.15) is 4.31 Å². The number of carbonyl (C=O) groups is 1. The van der Waals surface area contributed by atoms with Crippen LogP contribution in [0.1, 0.15) is 42.4 Å². The largest absolute Gasteiger partial charge is 0.497 e. The Morgan fingerprint density at radius 3 is 2.33 bits per heavy atom. The molecule has 2 saturated heterocycles. The van der Waals surface area contributed by atoms with Gasteiger partial charge in [0.05, 0.1) is 24.2 Å². The van der Waals surface area contributed by atoms with Crippen molar-refractivity contribution in [2.45, 2.75) is 56.1 Å². The molecule has 1 unspecified atom stereocenters. The molecule has 1 amide bonds. The van der Waals surface area contributed by atoms with Crippen LogP contribution >= 0.6 is 0 Å². The Balaban J connectivity index is 1.32. The van der Waals surface area contributed by atoms with Crippen molar-refractivity contribution in [1.82, 2.24) is 9.21 Å². The summed E-state index contributed by atoms with van der Waals surface area (Å²) in [6.45, 7) is 4.95. The molecule has 2 fully saturated rings. The average Bonchev–Trinajstić information content (AvgIpc) is 3.34. The number of ether oxygens (including phenoxy) is 2. The van der Waals surface area contributed by atoms with Crippen LogP contribution in [0.15, 0.2) is 47.4 Å². The summed E-state index contributed by atoms with van der Waals surface area (Å²) in [6.07, 6.45) is 2.38. The first-order chi connectivity index (χ1) is 17.2. The van der Waals surface area contributed by atoms with Crippen molar-refractivity contribution in [1.29, 1.82) is 0 Å². The maximum atomic E-state index is 13.5. The number of piperidine rings is 1. The minimum absolute atomic E-state index is 0.102. The Morgan fingerprint density at radius 1 is 1.08 bits per heavy atom. The predicted molar refractivity (Wildman–Crippen MR) is 136 cm³/mol. The Labute approximate surface area is 213 Å². The van der Waals surface area contributed by atoms with E-state index in [1.165, 1.54) is 4.31 Å². The minimum Gasteiger partial charge on any atom is -0.497 e. The summed E-state index contributed by atoms with van der Waals surface area (Å²) in [5.41, 5.74) is 1.25. The topological polar surface area (TPSA) is 96.4 Å². The SMILES string of the molecule is COc1cc(C)c(S(=O)(=O)N2CCCC2COCC(=O)N2CCC(O)(c3ccccc3)CC2)c(C)c1. The summed E-state index contributed by atoms with van der Waals surface area (Å²) in [5, 5.41) is 11.0. The molecule has 0 radical (unpaired) electrons. The third-order valence-corrected chi connectivity index (χ3v) is 9.61. The van der Waals surface area contributed by atoms with Crippen LogP contribution in [0.25, 0.3) is 0 Å². The molecule has 36 heavy (non-hydrogen) atoms. The standard InChI is InChI=1S/C27H36N2O6S/c1-20-16-24(34-3)17-21(2)26(20)36(32,33)29-13-7-10-23(29)18-35-19-25(30)28-14-11-27(31,12-15-28)22-8-5-4-6-9-22/h4-6,8-9,16-17,23,31H,7,10-15,18-19H2,1-3H3. The fourth-order valence-corrected chi connectivity index (χ4v) is 7.48. The van der Waals surface area contributed by atoms with E-state index in [4.69, 9.17) is 9.47 Å². The van der Waals surface area contributed by atoms with Crippen LogP contribution in [0.3, 0.4) is 0 Å². The average molecular weight is 517 g/mol. The zero-order chi connectivity index (χ0) is 25.9. The zero-order valence-electron chi connectivity index (χ0n) is 21.3. The molecular formula is C27H36N2O6S. The second-order valence-electron chi connectivity index (χ2n) is 9.80. The van der Waals surface area contributed by atoms with Gasteiger partial charge in [0.25, 0.3) is 0 Å². The number of rotatable bonds is 8. The van der Waals surface area contributed by atoms with E-state index in [-0.39, 0.29) is 25.2 Å². The van der Waals surface area contributed by atoms with Crippen molar-refractivity contribution in [3.63, 3.8) is 0 Å². The van der Waals surface area contributed by atoms with Crippen molar-refractivity contribution in [3.05, 3.63) is 59.2 Å². The van der Waals surface area contributed by atoms with Crippen molar-refractivity contribution in [2.24, 2.45) is 0 Å². The molecule has 9 heteroatoms. The second kappa shape index (κ2) is 10.9. The van der Waals surface area contributed by atoms with Gasteiger partial charge in [0, 0.05) is 25.7 Å². The highest BCUT2D eigenvalue weighted by Crippen LogP contribution is 2.34. The highest BCUT2D eigenvalue weighted by molar-refractivity contribution is 7.89. The molecule has 0 bridgehead atoms. The third-order valence-electron chi connectivity index (χ3n) is 7.35. The number of hydrogen-bond acceptors (Lipinski definition) is 6. The van der Waals surface area contributed by atoms with Crippen LogP contribution < -0.4 is 4.74 Å². The molecular weight excluding hydrogens is 480 g/mol. The Morgan fingerprint density at radius 2 is 1.72 bits per heavy atom. The van der Waals surface area contributed by atoms with E-state index in [9.17, 15) is 18.3 Å². The Bertz CT molecular complexity index is 1150. The zero-order valence-corrected chi connectivity index (χ0v) is 22.1. The summed E-state index contributed by atoms with van der Waals surface area (Å²) in [6, 6.07) is 12.7. The van der Waals surface area contributed by atoms with E-state index in [0.717, 1.165) is 12.0 Å². The van der Waals surface area contributed by atoms with Gasteiger partial charge < -0.3 is 19.5 Å². The monoisotopic (exact) mass is 516 g/mol. The van der Waals surface area contributed by atoms with E-state index >= 15 is 0 Å². The lowest BCUT2D eigenvalue weighted by molar-refractivity contribution is -0.141. The molecule has 2 heterocycles. The maximum absolute atomic E-state index is 13.5. The number of sulfonamides is 1. The van der Waals surface area contributed by atoms with Crippen LogP contribution in [0.2, 0.25) is 0 Å². The van der Waals surface area contributed by atoms with Gasteiger partial charge in [-0.1, -0.05) is 30.3 Å². The van der Waals surface area contributed by atoms with Crippen molar-refractivity contribution < 1.29 is 27.8 Å². The molecule has 0 spiro atoms. The number of benzene rings is 2. The summed E-state index contributed by atoms with van der Waals surface area (Å²) in [7, 11) is -2.15. The molecule has 0 saturated carbocycles. The molecule has 2 aromatic rings. The fraction of sp³-hybridized carbons (Fsp3) is 0.519. The van der Waals surface area contributed by atoms with Gasteiger partial charge in [0.15, 0.2) is 0 Å². The fourth-order valence-electron chi connectivity index (χ4n) is 5.38. The molecule has 2 aliphatic heterocycles. The second-order valence-corrected chi connectivity index (χ2v) is 11.6. The van der Waals surface area contributed by atoms with Crippen molar-refractivity contribution >= 4 is 15.9 Å². The number of methoxy groups -OCH3 is 1. The Hall–Kier alpha value is -2.46. The molecule has 0 aromatic heterocycles. The molecule has 4 rings (SSSR count). The number of carbonyl (C=O) groups excluding carboxylic acids is 1. The van der Waals surface area contributed by atoms with Gasteiger partial charge >= 0.3 is 0 Å². The first-order valence-corrected chi connectivity index (χ1v) is 13.9. The lowest BCUT2D eigenvalue weighted by atomic mass is 9.84. The summed E-state index contributed by atoms with van der Waals surface area (Å²) >= 11 is 0. The van der Waals surface area contributed by atoms with Gasteiger partial charge in [-0.05, 0) is 68.4 Å². The van der Waals surface area contributed by atoms with E-state index in [0.29, 0.717) is 60.7 Å². The van der Waals surface area contributed by atoms with Crippen molar-refractivity contribution in [2.75, 3.05) is 40.0 Å². The highest BCUT2D eigenvalue weighted by Gasteiger charge is 2.38. The number of aliphatic hydroxyl groups is 1. The maximum Gasteiger partial charge on any atom is 0.248 e. The minimum atomic E-state index is -3.71. The van der Waals surface area contributed by atoms with E-state index in [2.05, 4.69) is 0 Å². The van der Waals surface area contributed by atoms with Crippen LogP contribution in [0, 0.1) is 13.8 Å². The van der Waals surface area contributed by atoms with E-state index in [1.807, 2.05) is 30.3 Å². The lowest BCUT2D eigenvalue weighted by Gasteiger charge is -2.38. The van der Waals surface area contributed by atoms with Gasteiger partial charge in [-0.3, -0.25) is 4.79 Å². The predicted octanol–water partition coefficient (Wildman–Crippen LogP) is 2.99. The van der Waals surface area contributed by atoms with E-state index < -0.39 is 15.6 Å². The molecule has 1 atom stereocenters. The smallest absolute Gasteiger partial charge is 0.248 e. The normalized spacial score (nSPS) is 20.4. The molecule has 8 nitrogen and oxygen atoms in total. The highest BCUT2D eigenvalue weighted by atomic mass is 32.2. The quantitative estimate of drug-likeness (QED) is 0.580. The van der Waals surface area contributed by atoms with Crippen LogP contribution in [-0.4, -0.2) is 74.6 Å². The van der Waals surface area contributed by atoms with Crippen LogP contribution in [-0.2, 0) is 25.2 Å². The number of hydrogen-bond donors (Lipinski definition) is 1. The van der Waals surface area contributed by atoms with Gasteiger partial charge in [0.2, 0.25) is 15.9 Å². The molecule has 0 aliphatic carbocycles. The van der Waals surface area contributed by atoms with E-state index in [1.54, 1.807) is 38.0 Å². The first kappa shape index (κ1) is 26.6. The summed E-state index contributed by atoms with van der Waals surface area (Å²) in [5.74, 6) is 0.489. The number of amides is 1. The molecule has 2 aliphatic rings. The van der Waals surface area contributed by atoms with Crippen LogP contribution in [0.5, 0.6) is 5.75 Å². The molecule has 196 valence electrons. The van der Waals surface area contributed by atoms with Gasteiger partial charge in [-0.25, -0.2) is 8.42 Å². The number of likely N-dealkylation sites (tertiary alicyclic amines) is 1. The summed E-state index contributed by atoms with van der Waals surface area (Å²) < 4.78 is 39.6. The van der Waals surface area contributed by atoms with Gasteiger partial charge in [0.1, 0.15) is 12.4 Å². The lowest BCUT2D eigenvalue weighted by Crippen LogP contribution is -2.46. The first-order valence-electron chi connectivity index (χ1n) is 12.5. The molecule has 2 aromatic carbocycles.